The predicted molar refractivity (Wildman–Crippen MR) is 77.7 cm³/mol. The zero-order valence-corrected chi connectivity index (χ0v) is 11.6. The van der Waals surface area contributed by atoms with Crippen molar-refractivity contribution >= 4 is 11.6 Å². The molecular formula is C15H17FN4O. The average Bonchev–Trinajstić information content (AvgIpc) is 3.18. The van der Waals surface area contributed by atoms with Crippen LogP contribution in [0.5, 0.6) is 0 Å². The second-order valence-corrected chi connectivity index (χ2v) is 5.25. The van der Waals surface area contributed by atoms with Gasteiger partial charge in [0.1, 0.15) is 11.5 Å². The zero-order chi connectivity index (χ0) is 14.7. The van der Waals surface area contributed by atoms with Crippen molar-refractivity contribution in [3.63, 3.8) is 0 Å². The zero-order valence-electron chi connectivity index (χ0n) is 11.6. The number of nitrogens with zero attached hydrogens (tertiary/aromatic N) is 2. The summed E-state index contributed by atoms with van der Waals surface area (Å²) in [5, 5.41) is 9.91. The quantitative estimate of drug-likeness (QED) is 0.854. The van der Waals surface area contributed by atoms with Gasteiger partial charge in [0.15, 0.2) is 0 Å². The normalized spacial score (nSPS) is 14.1. The third-order valence-electron chi connectivity index (χ3n) is 3.38. The van der Waals surface area contributed by atoms with E-state index in [1.807, 2.05) is 0 Å². The average molecular weight is 288 g/mol. The van der Waals surface area contributed by atoms with Crippen molar-refractivity contribution in [2.75, 3.05) is 18.4 Å². The molecule has 1 aromatic carbocycles. The van der Waals surface area contributed by atoms with Crippen LogP contribution in [0.2, 0.25) is 0 Å². The Hall–Kier alpha value is -2.21. The number of benzene rings is 1. The molecule has 1 aromatic heterocycles. The van der Waals surface area contributed by atoms with E-state index in [9.17, 15) is 9.18 Å². The molecule has 0 spiro atoms. The molecule has 6 heteroatoms. The highest BCUT2D eigenvalue weighted by Gasteiger charge is 2.20. The molecule has 1 fully saturated rings. The number of carbonyl (C=O) groups is 1. The number of hydrogen-bond donors (Lipinski definition) is 2. The molecule has 3 rings (SSSR count). The van der Waals surface area contributed by atoms with Gasteiger partial charge in [-0.2, -0.15) is 5.10 Å². The Morgan fingerprint density at radius 3 is 2.95 bits per heavy atom. The third-order valence-corrected chi connectivity index (χ3v) is 3.38. The van der Waals surface area contributed by atoms with Gasteiger partial charge < -0.3 is 10.6 Å². The van der Waals surface area contributed by atoms with E-state index in [4.69, 9.17) is 0 Å². The summed E-state index contributed by atoms with van der Waals surface area (Å²) >= 11 is 0. The largest absolute Gasteiger partial charge is 0.322 e. The van der Waals surface area contributed by atoms with Crippen LogP contribution < -0.4 is 10.6 Å². The van der Waals surface area contributed by atoms with Gasteiger partial charge in [-0.05, 0) is 37.4 Å². The van der Waals surface area contributed by atoms with Crippen molar-refractivity contribution in [3.05, 3.63) is 42.5 Å². The number of amides is 1. The standard InChI is InChI=1S/C15H17FN4O/c16-13-3-1-2-4-14(13)20-10-12(8-18-20)19-15(21)9-17-7-11-5-6-11/h1-4,8,10-11,17H,5-7,9H2,(H,19,21). The Bertz CT molecular complexity index is 636. The number of rotatable bonds is 6. The summed E-state index contributed by atoms with van der Waals surface area (Å²) in [5.74, 6) is 0.259. The first kappa shape index (κ1) is 13.8. The Morgan fingerprint density at radius 1 is 1.38 bits per heavy atom. The number of nitrogens with one attached hydrogen (secondary N) is 2. The maximum Gasteiger partial charge on any atom is 0.238 e. The molecule has 1 amide bonds. The molecule has 2 aromatic rings. The van der Waals surface area contributed by atoms with Crippen LogP contribution in [0.4, 0.5) is 10.1 Å². The number of anilines is 1. The second kappa shape index (κ2) is 6.05. The highest BCUT2D eigenvalue weighted by molar-refractivity contribution is 5.92. The smallest absolute Gasteiger partial charge is 0.238 e. The summed E-state index contributed by atoms with van der Waals surface area (Å²) in [5.41, 5.74) is 0.904. The molecule has 5 nitrogen and oxygen atoms in total. The number of hydrogen-bond acceptors (Lipinski definition) is 3. The molecule has 2 N–H and O–H groups in total. The number of para-hydroxylation sites is 1. The third kappa shape index (κ3) is 3.66. The Kier molecular flexibility index (Phi) is 3.96. The van der Waals surface area contributed by atoms with Gasteiger partial charge in [0.2, 0.25) is 5.91 Å². The fraction of sp³-hybridized carbons (Fsp3) is 0.333. The highest BCUT2D eigenvalue weighted by Crippen LogP contribution is 2.27. The molecule has 110 valence electrons. The van der Waals surface area contributed by atoms with Crippen molar-refractivity contribution in [2.45, 2.75) is 12.8 Å². The van der Waals surface area contributed by atoms with E-state index in [1.165, 1.54) is 29.8 Å². The van der Waals surface area contributed by atoms with Crippen LogP contribution in [0, 0.1) is 11.7 Å². The van der Waals surface area contributed by atoms with Gasteiger partial charge >= 0.3 is 0 Å². The summed E-state index contributed by atoms with van der Waals surface area (Å²) in [4.78, 5) is 11.7. The maximum atomic E-state index is 13.6. The minimum absolute atomic E-state index is 0.122. The molecule has 0 atom stereocenters. The van der Waals surface area contributed by atoms with Gasteiger partial charge in [-0.1, -0.05) is 12.1 Å². The predicted octanol–water partition coefficient (Wildman–Crippen LogP) is 1.95. The Morgan fingerprint density at radius 2 is 2.19 bits per heavy atom. The first-order chi connectivity index (χ1) is 10.2. The van der Waals surface area contributed by atoms with E-state index in [2.05, 4.69) is 15.7 Å². The van der Waals surface area contributed by atoms with E-state index in [-0.39, 0.29) is 18.3 Å². The Balaban J connectivity index is 1.57. The molecule has 1 aliphatic carbocycles. The molecular weight excluding hydrogens is 271 g/mol. The van der Waals surface area contributed by atoms with Crippen molar-refractivity contribution in [1.82, 2.24) is 15.1 Å². The van der Waals surface area contributed by atoms with Crippen LogP contribution in [0.25, 0.3) is 5.69 Å². The minimum Gasteiger partial charge on any atom is -0.322 e. The first-order valence-corrected chi connectivity index (χ1v) is 7.02. The second-order valence-electron chi connectivity index (χ2n) is 5.25. The lowest BCUT2D eigenvalue weighted by atomic mass is 10.3. The number of carbonyl (C=O) groups excluding carboxylic acids is 1. The lowest BCUT2D eigenvalue weighted by Gasteiger charge is -2.04. The number of halogens is 1. The summed E-state index contributed by atoms with van der Waals surface area (Å²) in [6, 6.07) is 6.36. The van der Waals surface area contributed by atoms with Crippen LogP contribution in [0.1, 0.15) is 12.8 Å². The first-order valence-electron chi connectivity index (χ1n) is 7.02. The van der Waals surface area contributed by atoms with Gasteiger partial charge in [0.25, 0.3) is 0 Å². The van der Waals surface area contributed by atoms with Crippen LogP contribution in [0.3, 0.4) is 0 Å². The minimum atomic E-state index is -0.357. The lowest BCUT2D eigenvalue weighted by Crippen LogP contribution is -2.29. The summed E-state index contributed by atoms with van der Waals surface area (Å²) < 4.78 is 15.0. The van der Waals surface area contributed by atoms with E-state index in [0.717, 1.165) is 12.5 Å². The molecule has 1 heterocycles. The lowest BCUT2D eigenvalue weighted by molar-refractivity contribution is -0.115. The van der Waals surface area contributed by atoms with Gasteiger partial charge in [0, 0.05) is 0 Å². The topological polar surface area (TPSA) is 59.0 Å². The molecule has 0 radical (unpaired) electrons. The molecule has 21 heavy (non-hydrogen) atoms. The van der Waals surface area contributed by atoms with Gasteiger partial charge in [-0.3, -0.25) is 4.79 Å². The maximum absolute atomic E-state index is 13.6. The summed E-state index contributed by atoms with van der Waals surface area (Å²) in [6.07, 6.45) is 5.61. The molecule has 0 saturated heterocycles. The molecule has 1 aliphatic rings. The number of aromatic nitrogens is 2. The van der Waals surface area contributed by atoms with Crippen LogP contribution in [-0.4, -0.2) is 28.8 Å². The monoisotopic (exact) mass is 288 g/mol. The Labute approximate surface area is 122 Å². The SMILES string of the molecule is O=C(CNCC1CC1)Nc1cnn(-c2ccccc2F)c1. The van der Waals surface area contributed by atoms with Crippen LogP contribution in [0.15, 0.2) is 36.7 Å². The van der Waals surface area contributed by atoms with Crippen LogP contribution >= 0.6 is 0 Å². The molecule has 0 aliphatic heterocycles. The van der Waals surface area contributed by atoms with Crippen molar-refractivity contribution in [1.29, 1.82) is 0 Å². The van der Waals surface area contributed by atoms with E-state index in [0.29, 0.717) is 11.4 Å². The van der Waals surface area contributed by atoms with E-state index < -0.39 is 0 Å². The summed E-state index contributed by atoms with van der Waals surface area (Å²) in [7, 11) is 0. The fourth-order valence-corrected chi connectivity index (χ4v) is 2.07. The molecule has 0 unspecified atom stereocenters. The fourth-order valence-electron chi connectivity index (χ4n) is 2.07. The highest BCUT2D eigenvalue weighted by atomic mass is 19.1. The molecule has 0 bridgehead atoms. The van der Waals surface area contributed by atoms with E-state index in [1.54, 1.807) is 24.4 Å². The summed E-state index contributed by atoms with van der Waals surface area (Å²) in [6.45, 7) is 1.17. The molecule has 1 saturated carbocycles. The van der Waals surface area contributed by atoms with Crippen molar-refractivity contribution < 1.29 is 9.18 Å². The van der Waals surface area contributed by atoms with Gasteiger partial charge in [-0.15, -0.1) is 0 Å². The van der Waals surface area contributed by atoms with Crippen molar-refractivity contribution in [3.8, 4) is 5.69 Å². The van der Waals surface area contributed by atoms with Crippen LogP contribution in [-0.2, 0) is 4.79 Å². The van der Waals surface area contributed by atoms with Gasteiger partial charge in [0.05, 0.1) is 24.6 Å². The van der Waals surface area contributed by atoms with Crippen molar-refractivity contribution in [2.24, 2.45) is 5.92 Å². The van der Waals surface area contributed by atoms with E-state index >= 15 is 0 Å². The van der Waals surface area contributed by atoms with Gasteiger partial charge in [-0.25, -0.2) is 9.07 Å².